The van der Waals surface area contributed by atoms with Crippen molar-refractivity contribution in [3.8, 4) is 5.75 Å². The fraction of sp³-hybridized carbons (Fsp3) is 0.364. The highest BCUT2D eigenvalue weighted by atomic mass is 32.2. The Balaban J connectivity index is 2.87. The van der Waals surface area contributed by atoms with Crippen LogP contribution in [0.2, 0.25) is 0 Å². The lowest BCUT2D eigenvalue weighted by molar-refractivity contribution is 0.108. The minimum atomic E-state index is -0.258. The van der Waals surface area contributed by atoms with Gasteiger partial charge in [0.25, 0.3) is 0 Å². The average Bonchev–Trinajstić information content (AvgIpc) is 2.29. The van der Waals surface area contributed by atoms with Crippen LogP contribution in [-0.4, -0.2) is 30.0 Å². The Kier molecular flexibility index (Phi) is 6.16. The summed E-state index contributed by atoms with van der Waals surface area (Å²) >= 11 is 7.17. The molecule has 1 rings (SSSR count). The maximum Gasteiger partial charge on any atom is 0.220 e. The second-order valence-electron chi connectivity index (χ2n) is 3.01. The van der Waals surface area contributed by atoms with Crippen molar-refractivity contribution in [3.63, 3.8) is 0 Å². The molecule has 0 unspecified atom stereocenters. The first kappa shape index (κ1) is 13.8. The second kappa shape index (κ2) is 7.14. The Bertz CT molecular complexity index is 366. The first-order valence-electron chi connectivity index (χ1n) is 4.72. The molecule has 2 nitrogen and oxygen atoms in total. The van der Waals surface area contributed by atoms with Gasteiger partial charge in [-0.15, -0.1) is 24.4 Å². The molecule has 0 amide bonds. The molecule has 0 aromatic heterocycles. The first-order valence-corrected chi connectivity index (χ1v) is 7.78. The van der Waals surface area contributed by atoms with E-state index in [1.165, 1.54) is 0 Å². The van der Waals surface area contributed by atoms with E-state index >= 15 is 0 Å². The lowest BCUT2D eigenvalue weighted by Gasteiger charge is -2.10. The zero-order valence-corrected chi connectivity index (χ0v) is 11.8. The van der Waals surface area contributed by atoms with Gasteiger partial charge in [-0.25, -0.2) is 0 Å². The van der Waals surface area contributed by atoms with E-state index in [0.717, 1.165) is 10.6 Å². The molecule has 1 aromatic rings. The van der Waals surface area contributed by atoms with Crippen LogP contribution in [0.3, 0.4) is 0 Å². The van der Waals surface area contributed by atoms with E-state index in [0.29, 0.717) is 17.9 Å². The summed E-state index contributed by atoms with van der Waals surface area (Å²) in [5.41, 5.74) is 0.530. The number of ether oxygens (including phenoxy) is 1. The van der Waals surface area contributed by atoms with Gasteiger partial charge < -0.3 is 4.74 Å². The van der Waals surface area contributed by atoms with Crippen molar-refractivity contribution in [2.45, 2.75) is 4.90 Å². The van der Waals surface area contributed by atoms with E-state index in [-0.39, 0.29) is 5.12 Å². The molecule has 0 atom stereocenters. The van der Waals surface area contributed by atoms with Gasteiger partial charge in [-0.05, 0) is 30.7 Å². The summed E-state index contributed by atoms with van der Waals surface area (Å²) < 4.78 is 5.58. The van der Waals surface area contributed by atoms with E-state index in [1.807, 2.05) is 24.6 Å². The molecule has 0 spiro atoms. The third-order valence-corrected chi connectivity index (χ3v) is 3.51. The van der Waals surface area contributed by atoms with Gasteiger partial charge in [-0.1, -0.05) is 0 Å². The van der Waals surface area contributed by atoms with Crippen molar-refractivity contribution in [2.24, 2.45) is 0 Å². The lowest BCUT2D eigenvalue weighted by Crippen LogP contribution is -2.03. The molecule has 88 valence electrons. The van der Waals surface area contributed by atoms with Crippen LogP contribution >= 0.6 is 36.2 Å². The Morgan fingerprint density at radius 2 is 2.19 bits per heavy atom. The fourth-order valence-corrected chi connectivity index (χ4v) is 2.02. The summed E-state index contributed by atoms with van der Waals surface area (Å²) in [4.78, 5) is 12.4. The van der Waals surface area contributed by atoms with Crippen molar-refractivity contribution in [1.82, 2.24) is 0 Å². The fourth-order valence-electron chi connectivity index (χ4n) is 1.16. The summed E-state index contributed by atoms with van der Waals surface area (Å²) in [5, 5.41) is -0.258. The number of hydrogen-bond acceptors (Lipinski definition) is 4. The number of carbonyl (C=O) groups excluding carboxylic acids is 1. The molecule has 0 fully saturated rings. The number of thioether (sulfide) groups is 2. The van der Waals surface area contributed by atoms with E-state index in [1.54, 1.807) is 29.6 Å². The highest BCUT2D eigenvalue weighted by Gasteiger charge is 2.09. The molecule has 0 radical (unpaired) electrons. The van der Waals surface area contributed by atoms with Crippen LogP contribution in [0.4, 0.5) is 0 Å². The SMILES string of the molecule is CSCCOc1cc(SC)ccc1C(=O)S. The van der Waals surface area contributed by atoms with Crippen LogP contribution in [-0.2, 0) is 0 Å². The monoisotopic (exact) mass is 274 g/mol. The molecule has 1 aromatic carbocycles. The molecule has 0 N–H and O–H groups in total. The Morgan fingerprint density at radius 3 is 2.75 bits per heavy atom. The zero-order valence-electron chi connectivity index (χ0n) is 9.23. The van der Waals surface area contributed by atoms with Gasteiger partial charge in [-0.2, -0.15) is 11.8 Å². The predicted octanol–water partition coefficient (Wildman–Crippen LogP) is 3.22. The molecule has 0 saturated carbocycles. The number of rotatable bonds is 6. The lowest BCUT2D eigenvalue weighted by atomic mass is 10.2. The average molecular weight is 274 g/mol. The van der Waals surface area contributed by atoms with Crippen LogP contribution in [0.15, 0.2) is 23.1 Å². The smallest absolute Gasteiger partial charge is 0.220 e. The first-order chi connectivity index (χ1) is 7.69. The van der Waals surface area contributed by atoms with Crippen LogP contribution in [0.1, 0.15) is 10.4 Å². The van der Waals surface area contributed by atoms with Crippen molar-refractivity contribution in [2.75, 3.05) is 24.9 Å². The summed E-state index contributed by atoms with van der Waals surface area (Å²) in [6, 6.07) is 5.54. The summed E-state index contributed by atoms with van der Waals surface area (Å²) in [5.74, 6) is 1.53. The van der Waals surface area contributed by atoms with Gasteiger partial charge in [0, 0.05) is 10.6 Å². The van der Waals surface area contributed by atoms with Crippen molar-refractivity contribution in [3.05, 3.63) is 23.8 Å². The highest BCUT2D eigenvalue weighted by Crippen LogP contribution is 2.26. The molecule has 0 aliphatic heterocycles. The molecule has 5 heteroatoms. The minimum Gasteiger partial charge on any atom is -0.492 e. The molecular formula is C11H14O2S3. The standard InChI is InChI=1S/C11H14O2S3/c1-15-6-5-13-10-7-8(16-2)3-4-9(10)11(12)14/h3-4,7H,5-6H2,1-2H3,(H,12,14). The molecule has 0 bridgehead atoms. The van der Waals surface area contributed by atoms with Gasteiger partial charge in [0.15, 0.2) is 0 Å². The molecule has 0 aliphatic rings. The maximum atomic E-state index is 11.3. The zero-order chi connectivity index (χ0) is 12.0. The summed E-state index contributed by atoms with van der Waals surface area (Å²) in [7, 11) is 0. The van der Waals surface area contributed by atoms with E-state index in [4.69, 9.17) is 4.74 Å². The minimum absolute atomic E-state index is 0.258. The van der Waals surface area contributed by atoms with Gasteiger partial charge in [0.2, 0.25) is 5.12 Å². The quantitative estimate of drug-likeness (QED) is 0.489. The largest absolute Gasteiger partial charge is 0.492 e. The Morgan fingerprint density at radius 1 is 1.44 bits per heavy atom. The number of carbonyl (C=O) groups is 1. The van der Waals surface area contributed by atoms with E-state index in [2.05, 4.69) is 12.6 Å². The maximum absolute atomic E-state index is 11.3. The number of thiol groups is 1. The normalized spacial score (nSPS) is 10.2. The van der Waals surface area contributed by atoms with Crippen LogP contribution < -0.4 is 4.74 Å². The third-order valence-electron chi connectivity index (χ3n) is 1.96. The Labute approximate surface area is 110 Å². The van der Waals surface area contributed by atoms with Crippen LogP contribution in [0.5, 0.6) is 5.75 Å². The van der Waals surface area contributed by atoms with Crippen LogP contribution in [0.25, 0.3) is 0 Å². The molecule has 16 heavy (non-hydrogen) atoms. The molecule has 0 aliphatic carbocycles. The molecule has 0 heterocycles. The van der Waals surface area contributed by atoms with Crippen molar-refractivity contribution < 1.29 is 9.53 Å². The number of hydrogen-bond donors (Lipinski definition) is 1. The van der Waals surface area contributed by atoms with Gasteiger partial charge >= 0.3 is 0 Å². The summed E-state index contributed by atoms with van der Waals surface area (Å²) in [6.07, 6.45) is 4.01. The van der Waals surface area contributed by atoms with Gasteiger partial charge in [-0.3, -0.25) is 4.79 Å². The van der Waals surface area contributed by atoms with Crippen molar-refractivity contribution in [1.29, 1.82) is 0 Å². The number of benzene rings is 1. The molecular weight excluding hydrogens is 260 g/mol. The topological polar surface area (TPSA) is 26.3 Å². The molecule has 0 saturated heterocycles. The van der Waals surface area contributed by atoms with E-state index in [9.17, 15) is 4.79 Å². The highest BCUT2D eigenvalue weighted by molar-refractivity contribution is 7.98. The Hall–Kier alpha value is -0.260. The summed E-state index contributed by atoms with van der Waals surface area (Å²) in [6.45, 7) is 0.604. The van der Waals surface area contributed by atoms with Gasteiger partial charge in [0.05, 0.1) is 12.2 Å². The van der Waals surface area contributed by atoms with Gasteiger partial charge in [0.1, 0.15) is 5.75 Å². The van der Waals surface area contributed by atoms with Crippen molar-refractivity contribution >= 4 is 41.3 Å². The third kappa shape index (κ3) is 3.96. The second-order valence-corrected chi connectivity index (χ2v) is 5.28. The van der Waals surface area contributed by atoms with Crippen LogP contribution in [0, 0.1) is 0 Å². The van der Waals surface area contributed by atoms with E-state index < -0.39 is 0 Å². The predicted molar refractivity (Wildman–Crippen MR) is 75.4 cm³/mol.